The number of rotatable bonds is 3. The predicted molar refractivity (Wildman–Crippen MR) is 96.0 cm³/mol. The molecule has 3 aliphatic rings. The van der Waals surface area contributed by atoms with Crippen molar-refractivity contribution < 1.29 is 4.79 Å². The molecule has 4 nitrogen and oxygen atoms in total. The van der Waals surface area contributed by atoms with Crippen LogP contribution >= 0.6 is 11.6 Å². The van der Waals surface area contributed by atoms with Crippen LogP contribution in [0, 0.1) is 11.3 Å². The monoisotopic (exact) mass is 347 g/mol. The van der Waals surface area contributed by atoms with Gasteiger partial charge in [-0.2, -0.15) is 0 Å². The van der Waals surface area contributed by atoms with Gasteiger partial charge in [0.1, 0.15) is 0 Å². The fourth-order valence-electron chi connectivity index (χ4n) is 4.41. The van der Waals surface area contributed by atoms with Crippen LogP contribution in [0.3, 0.4) is 0 Å². The minimum atomic E-state index is 0.305. The Morgan fingerprint density at radius 1 is 1.21 bits per heavy atom. The molecular formula is C19H26ClN3O. The van der Waals surface area contributed by atoms with E-state index >= 15 is 0 Å². The molecule has 0 radical (unpaired) electrons. The highest BCUT2D eigenvalue weighted by molar-refractivity contribution is 6.30. The number of hydrogen-bond donors (Lipinski definition) is 1. The van der Waals surface area contributed by atoms with Gasteiger partial charge >= 0.3 is 0 Å². The van der Waals surface area contributed by atoms with Gasteiger partial charge < -0.3 is 10.2 Å². The number of benzene rings is 1. The fourth-order valence-corrected chi connectivity index (χ4v) is 4.63. The maximum absolute atomic E-state index is 12.8. The average Bonchev–Trinajstić information content (AvgIpc) is 3.28. The topological polar surface area (TPSA) is 35.6 Å². The van der Waals surface area contributed by atoms with Gasteiger partial charge in [0.05, 0.1) is 0 Å². The number of piperidine rings is 1. The Bertz CT molecular complexity index is 606. The molecule has 1 N–H and O–H groups in total. The van der Waals surface area contributed by atoms with Gasteiger partial charge in [0.15, 0.2) is 0 Å². The maximum atomic E-state index is 12.8. The van der Waals surface area contributed by atoms with Crippen molar-refractivity contribution in [2.45, 2.75) is 25.8 Å². The third kappa shape index (κ3) is 3.32. The van der Waals surface area contributed by atoms with E-state index in [0.717, 1.165) is 57.3 Å². The van der Waals surface area contributed by atoms with Gasteiger partial charge in [-0.25, -0.2) is 0 Å². The number of nitrogens with zero attached hydrogens (tertiary/aromatic N) is 2. The molecule has 2 heterocycles. The second-order valence-electron chi connectivity index (χ2n) is 7.60. The van der Waals surface area contributed by atoms with Gasteiger partial charge in [-0.05, 0) is 55.5 Å². The molecule has 1 aliphatic carbocycles. The molecule has 1 spiro atoms. The van der Waals surface area contributed by atoms with E-state index in [4.69, 9.17) is 11.6 Å². The number of halogens is 1. The molecule has 5 heteroatoms. The zero-order valence-corrected chi connectivity index (χ0v) is 14.9. The zero-order chi connectivity index (χ0) is 16.6. The van der Waals surface area contributed by atoms with Gasteiger partial charge in [0.2, 0.25) is 5.91 Å². The first-order chi connectivity index (χ1) is 11.7. The predicted octanol–water partition coefficient (Wildman–Crippen LogP) is 2.37. The molecule has 1 saturated carbocycles. The first-order valence-corrected chi connectivity index (χ1v) is 9.50. The molecule has 1 aromatic rings. The van der Waals surface area contributed by atoms with Gasteiger partial charge in [-0.15, -0.1) is 0 Å². The quantitative estimate of drug-likeness (QED) is 0.911. The van der Waals surface area contributed by atoms with Crippen molar-refractivity contribution in [1.29, 1.82) is 0 Å². The first kappa shape index (κ1) is 16.4. The highest BCUT2D eigenvalue weighted by Crippen LogP contribution is 2.59. The molecule has 1 amide bonds. The van der Waals surface area contributed by atoms with E-state index in [9.17, 15) is 4.79 Å². The highest BCUT2D eigenvalue weighted by atomic mass is 35.5. The van der Waals surface area contributed by atoms with Crippen molar-refractivity contribution in [3.8, 4) is 0 Å². The van der Waals surface area contributed by atoms with Crippen LogP contribution in [-0.4, -0.2) is 55.0 Å². The van der Waals surface area contributed by atoms with Crippen LogP contribution in [0.15, 0.2) is 24.3 Å². The lowest BCUT2D eigenvalue weighted by Crippen LogP contribution is -2.49. The summed E-state index contributed by atoms with van der Waals surface area (Å²) in [5.74, 6) is 0.721. The summed E-state index contributed by atoms with van der Waals surface area (Å²) in [6.45, 7) is 6.73. The summed E-state index contributed by atoms with van der Waals surface area (Å²) < 4.78 is 0. The lowest BCUT2D eigenvalue weighted by atomic mass is 9.91. The number of nitrogens with one attached hydrogen (secondary N) is 1. The standard InChI is InChI=1S/C19H26ClN3O/c20-16-3-1-2-15(12-16)14-22-8-10-23(11-9-22)18(24)17-13-19(17)4-6-21-7-5-19/h1-3,12,17,21H,4-11,13-14H2. The molecule has 2 saturated heterocycles. The summed E-state index contributed by atoms with van der Waals surface area (Å²) in [7, 11) is 0. The Hall–Kier alpha value is -1.10. The van der Waals surface area contributed by atoms with E-state index in [-0.39, 0.29) is 0 Å². The molecular weight excluding hydrogens is 322 g/mol. The third-order valence-electron chi connectivity index (χ3n) is 6.07. The Morgan fingerprint density at radius 2 is 1.96 bits per heavy atom. The van der Waals surface area contributed by atoms with Crippen molar-refractivity contribution in [2.75, 3.05) is 39.3 Å². The minimum Gasteiger partial charge on any atom is -0.340 e. The van der Waals surface area contributed by atoms with E-state index in [1.807, 2.05) is 18.2 Å². The Kier molecular flexibility index (Phi) is 4.54. The van der Waals surface area contributed by atoms with Gasteiger partial charge in [0.25, 0.3) is 0 Å². The molecule has 1 atom stereocenters. The number of piperazine rings is 1. The highest BCUT2D eigenvalue weighted by Gasteiger charge is 2.58. The van der Waals surface area contributed by atoms with E-state index in [0.29, 0.717) is 17.2 Å². The van der Waals surface area contributed by atoms with Crippen molar-refractivity contribution in [3.05, 3.63) is 34.9 Å². The molecule has 4 rings (SSSR count). The maximum Gasteiger partial charge on any atom is 0.226 e. The van der Waals surface area contributed by atoms with Gasteiger partial charge in [-0.3, -0.25) is 9.69 Å². The summed E-state index contributed by atoms with van der Waals surface area (Å²) in [5.41, 5.74) is 1.60. The Labute approximate surface area is 149 Å². The second-order valence-corrected chi connectivity index (χ2v) is 8.04. The SMILES string of the molecule is O=C(C1CC12CCNCC2)N1CCN(Cc2cccc(Cl)c2)CC1. The van der Waals surface area contributed by atoms with E-state index in [2.05, 4.69) is 21.2 Å². The number of carbonyl (C=O) groups is 1. The molecule has 0 aromatic heterocycles. The van der Waals surface area contributed by atoms with Crippen LogP contribution in [0.25, 0.3) is 0 Å². The first-order valence-electron chi connectivity index (χ1n) is 9.13. The van der Waals surface area contributed by atoms with Crippen LogP contribution in [-0.2, 0) is 11.3 Å². The minimum absolute atomic E-state index is 0.305. The third-order valence-corrected chi connectivity index (χ3v) is 6.30. The van der Waals surface area contributed by atoms with Crippen LogP contribution in [0.4, 0.5) is 0 Å². The summed E-state index contributed by atoms with van der Waals surface area (Å²) in [5, 5.41) is 4.21. The van der Waals surface area contributed by atoms with Crippen LogP contribution < -0.4 is 5.32 Å². The van der Waals surface area contributed by atoms with Crippen molar-refractivity contribution >= 4 is 17.5 Å². The fraction of sp³-hybridized carbons (Fsp3) is 0.632. The second kappa shape index (κ2) is 6.66. The van der Waals surface area contributed by atoms with Gasteiger partial charge in [-0.1, -0.05) is 23.7 Å². The lowest BCUT2D eigenvalue weighted by Gasteiger charge is -2.35. The molecule has 0 bridgehead atoms. The molecule has 2 aliphatic heterocycles. The van der Waals surface area contributed by atoms with Crippen LogP contribution in [0.5, 0.6) is 0 Å². The smallest absolute Gasteiger partial charge is 0.226 e. The molecule has 130 valence electrons. The van der Waals surface area contributed by atoms with Crippen LogP contribution in [0.2, 0.25) is 5.02 Å². The number of carbonyl (C=O) groups excluding carboxylic acids is 1. The zero-order valence-electron chi connectivity index (χ0n) is 14.1. The van der Waals surface area contributed by atoms with Crippen molar-refractivity contribution in [1.82, 2.24) is 15.1 Å². The van der Waals surface area contributed by atoms with E-state index in [1.165, 1.54) is 18.4 Å². The van der Waals surface area contributed by atoms with E-state index in [1.54, 1.807) is 0 Å². The van der Waals surface area contributed by atoms with Crippen molar-refractivity contribution in [2.24, 2.45) is 11.3 Å². The summed E-state index contributed by atoms with van der Waals surface area (Å²) in [6.07, 6.45) is 3.48. The molecule has 1 unspecified atom stereocenters. The number of hydrogen-bond acceptors (Lipinski definition) is 3. The molecule has 3 fully saturated rings. The Balaban J connectivity index is 1.28. The summed E-state index contributed by atoms with van der Waals surface area (Å²) >= 11 is 6.06. The molecule has 1 aromatic carbocycles. The normalized spacial score (nSPS) is 26.5. The largest absolute Gasteiger partial charge is 0.340 e. The van der Waals surface area contributed by atoms with Crippen LogP contribution in [0.1, 0.15) is 24.8 Å². The van der Waals surface area contributed by atoms with E-state index < -0.39 is 0 Å². The average molecular weight is 348 g/mol. The summed E-state index contributed by atoms with van der Waals surface area (Å²) in [4.78, 5) is 17.3. The van der Waals surface area contributed by atoms with Crippen molar-refractivity contribution in [3.63, 3.8) is 0 Å². The number of amides is 1. The summed E-state index contributed by atoms with van der Waals surface area (Å²) in [6, 6.07) is 8.07. The Morgan fingerprint density at radius 3 is 2.67 bits per heavy atom. The lowest BCUT2D eigenvalue weighted by molar-refractivity contribution is -0.135. The van der Waals surface area contributed by atoms with Gasteiger partial charge in [0, 0.05) is 43.7 Å². The molecule has 24 heavy (non-hydrogen) atoms.